The summed E-state index contributed by atoms with van der Waals surface area (Å²) in [7, 11) is -2.48. The Morgan fingerprint density at radius 1 is 1.03 bits per heavy atom. The number of carbonyl (C=O) groups is 1. The van der Waals surface area contributed by atoms with Crippen LogP contribution in [0.15, 0.2) is 47.4 Å². The number of carbonyl (C=O) groups excluding carboxylic acids is 1. The first-order valence-electron chi connectivity index (χ1n) is 11.9. The zero-order valence-corrected chi connectivity index (χ0v) is 21.7. The minimum atomic E-state index is -4.47. The first-order valence-corrected chi connectivity index (χ1v) is 13.7. The highest BCUT2D eigenvalue weighted by atomic mass is 35.5. The van der Waals surface area contributed by atoms with Crippen molar-refractivity contribution in [3.63, 3.8) is 0 Å². The first kappa shape index (κ1) is 26.8. The van der Waals surface area contributed by atoms with Crippen molar-refractivity contribution in [2.24, 2.45) is 5.41 Å². The van der Waals surface area contributed by atoms with Crippen molar-refractivity contribution in [2.75, 3.05) is 52.9 Å². The molecule has 0 aliphatic carbocycles. The number of halogens is 3. The van der Waals surface area contributed by atoms with Gasteiger partial charge in [0.2, 0.25) is 15.9 Å². The largest absolute Gasteiger partial charge is 0.493 e. The number of benzene rings is 2. The summed E-state index contributed by atoms with van der Waals surface area (Å²) in [6.07, 6.45) is 1.03. The Balaban J connectivity index is 1.60. The van der Waals surface area contributed by atoms with Gasteiger partial charge in [-0.3, -0.25) is 4.79 Å². The minimum absolute atomic E-state index is 0.0656. The smallest absolute Gasteiger partial charge is 0.248 e. The topological polar surface area (TPSA) is 70.2 Å². The lowest BCUT2D eigenvalue weighted by molar-refractivity contribution is -0.136. The van der Waals surface area contributed by atoms with Crippen molar-refractivity contribution in [1.82, 2.24) is 14.1 Å². The van der Waals surface area contributed by atoms with Crippen LogP contribution in [0.3, 0.4) is 0 Å². The van der Waals surface area contributed by atoms with Gasteiger partial charge in [-0.05, 0) is 56.3 Å². The third-order valence-corrected chi connectivity index (χ3v) is 9.03. The van der Waals surface area contributed by atoms with Gasteiger partial charge in [0.05, 0.1) is 6.61 Å². The Hall–Kier alpha value is -2.27. The molecule has 2 saturated heterocycles. The summed E-state index contributed by atoms with van der Waals surface area (Å²) in [5, 5.41) is 0.546. The molecule has 2 aromatic rings. The van der Waals surface area contributed by atoms with Crippen LogP contribution < -0.4 is 4.74 Å². The van der Waals surface area contributed by atoms with E-state index in [1.165, 1.54) is 0 Å². The molecule has 196 valence electrons. The predicted molar refractivity (Wildman–Crippen MR) is 132 cm³/mol. The molecule has 7 nitrogen and oxygen atoms in total. The summed E-state index contributed by atoms with van der Waals surface area (Å²) in [4.78, 5) is 16.3. The van der Waals surface area contributed by atoms with Crippen molar-refractivity contribution in [2.45, 2.75) is 24.2 Å². The predicted octanol–water partition coefficient (Wildman–Crippen LogP) is 3.63. The second kappa shape index (κ2) is 11.0. The van der Waals surface area contributed by atoms with Crippen LogP contribution in [-0.2, 0) is 14.8 Å². The van der Waals surface area contributed by atoms with Gasteiger partial charge in [0.25, 0.3) is 0 Å². The summed E-state index contributed by atoms with van der Waals surface area (Å²) >= 11 is 5.96. The molecule has 1 unspecified atom stereocenters. The summed E-state index contributed by atoms with van der Waals surface area (Å²) in [6, 6.07) is 9.73. The average Bonchev–Trinajstić information content (AvgIpc) is 2.84. The molecule has 2 heterocycles. The molecule has 4 rings (SSSR count). The molecule has 36 heavy (non-hydrogen) atoms. The Morgan fingerprint density at radius 2 is 1.67 bits per heavy atom. The van der Waals surface area contributed by atoms with E-state index in [4.69, 9.17) is 16.3 Å². The fourth-order valence-corrected chi connectivity index (χ4v) is 6.62. The normalized spacial score (nSPS) is 21.9. The Kier molecular flexibility index (Phi) is 8.18. The van der Waals surface area contributed by atoms with Crippen LogP contribution in [0.2, 0.25) is 5.02 Å². The molecule has 11 heteroatoms. The van der Waals surface area contributed by atoms with Gasteiger partial charge < -0.3 is 14.5 Å². The zero-order valence-electron chi connectivity index (χ0n) is 20.1. The molecule has 2 fully saturated rings. The third-order valence-electron chi connectivity index (χ3n) is 6.88. The Morgan fingerprint density at radius 3 is 2.31 bits per heavy atom. The monoisotopic (exact) mass is 541 g/mol. The molecule has 2 aromatic carbocycles. The van der Waals surface area contributed by atoms with Crippen molar-refractivity contribution < 1.29 is 26.7 Å². The molecular formula is C25H30ClF2N3O4S. The Bertz CT molecular complexity index is 1170. The van der Waals surface area contributed by atoms with E-state index in [1.807, 2.05) is 7.05 Å². The first-order chi connectivity index (χ1) is 17.1. The van der Waals surface area contributed by atoms with E-state index in [2.05, 4.69) is 4.90 Å². The van der Waals surface area contributed by atoms with Gasteiger partial charge in [-0.1, -0.05) is 17.7 Å². The maximum absolute atomic E-state index is 14.4. The number of sulfonamides is 1. The molecule has 2 aliphatic rings. The van der Waals surface area contributed by atoms with Crippen LogP contribution in [-0.4, -0.2) is 81.4 Å². The van der Waals surface area contributed by atoms with Gasteiger partial charge in [-0.15, -0.1) is 0 Å². The van der Waals surface area contributed by atoms with Gasteiger partial charge in [-0.2, -0.15) is 4.31 Å². The van der Waals surface area contributed by atoms with Crippen molar-refractivity contribution in [1.29, 1.82) is 0 Å². The van der Waals surface area contributed by atoms with Gasteiger partial charge in [0.1, 0.15) is 17.4 Å². The van der Waals surface area contributed by atoms with E-state index in [9.17, 15) is 22.0 Å². The third kappa shape index (κ3) is 5.99. The molecule has 2 aliphatic heterocycles. The number of likely N-dealkylation sites (N-methyl/N-ethyl adjacent to an activating group) is 1. The van der Waals surface area contributed by atoms with E-state index < -0.39 is 32.0 Å². The van der Waals surface area contributed by atoms with Gasteiger partial charge in [0.15, 0.2) is 4.90 Å². The summed E-state index contributed by atoms with van der Waals surface area (Å²) in [6.45, 7) is 2.77. The number of amides is 1. The number of rotatable bonds is 7. The fraction of sp³-hybridized carbons (Fsp3) is 0.480. The van der Waals surface area contributed by atoms with E-state index in [0.29, 0.717) is 36.7 Å². The van der Waals surface area contributed by atoms with Crippen molar-refractivity contribution in [3.8, 4) is 5.75 Å². The maximum Gasteiger partial charge on any atom is 0.248 e. The van der Waals surface area contributed by atoms with Gasteiger partial charge in [-0.25, -0.2) is 17.2 Å². The van der Waals surface area contributed by atoms with Crippen molar-refractivity contribution >= 4 is 27.5 Å². The molecule has 0 N–H and O–H groups in total. The molecule has 0 bridgehead atoms. The number of piperazine rings is 1. The molecule has 0 aromatic heterocycles. The number of ether oxygens (including phenoxy) is 1. The fourth-order valence-electron chi connectivity index (χ4n) is 4.79. The van der Waals surface area contributed by atoms with Gasteiger partial charge in [0, 0.05) is 56.1 Å². The zero-order chi connectivity index (χ0) is 25.9. The lowest BCUT2D eigenvalue weighted by Crippen LogP contribution is -2.53. The van der Waals surface area contributed by atoms with Crippen LogP contribution in [0.5, 0.6) is 5.75 Å². The standard InChI is InChI=1S/C25H30ClF2N3O4S/c1-29-12-14-30(15-13-29)23(32)16-25(18-35-20-8-6-19(26)7-9-20)10-3-11-31(17-25)36(33,34)24-21(27)4-2-5-22(24)28/h2,4-9H,3,10-18H2,1H3. The van der Waals surface area contributed by atoms with Crippen LogP contribution in [0.4, 0.5) is 8.78 Å². The molecule has 0 spiro atoms. The van der Waals surface area contributed by atoms with Crippen molar-refractivity contribution in [3.05, 3.63) is 59.1 Å². The highest BCUT2D eigenvalue weighted by Crippen LogP contribution is 2.38. The lowest BCUT2D eigenvalue weighted by atomic mass is 9.78. The lowest BCUT2D eigenvalue weighted by Gasteiger charge is -2.43. The summed E-state index contributed by atoms with van der Waals surface area (Å²) < 4.78 is 62.7. The number of piperidine rings is 1. The molecule has 0 radical (unpaired) electrons. The molecule has 0 saturated carbocycles. The van der Waals surface area contributed by atoms with E-state index in [-0.39, 0.29) is 32.0 Å². The molecule has 1 atom stereocenters. The molecule has 1 amide bonds. The highest BCUT2D eigenvalue weighted by Gasteiger charge is 2.44. The average molecular weight is 542 g/mol. The van der Waals surface area contributed by atoms with E-state index in [1.54, 1.807) is 29.2 Å². The summed E-state index contributed by atoms with van der Waals surface area (Å²) in [5.74, 6) is -1.83. The van der Waals surface area contributed by atoms with E-state index >= 15 is 0 Å². The van der Waals surface area contributed by atoms with Crippen LogP contribution in [0, 0.1) is 17.0 Å². The van der Waals surface area contributed by atoms with Crippen LogP contribution in [0.25, 0.3) is 0 Å². The second-order valence-electron chi connectivity index (χ2n) is 9.60. The second-order valence-corrected chi connectivity index (χ2v) is 11.9. The van der Waals surface area contributed by atoms with Crippen LogP contribution >= 0.6 is 11.6 Å². The quantitative estimate of drug-likeness (QED) is 0.535. The highest BCUT2D eigenvalue weighted by molar-refractivity contribution is 7.89. The Labute approximate surface area is 215 Å². The van der Waals surface area contributed by atoms with Crippen LogP contribution in [0.1, 0.15) is 19.3 Å². The molecular weight excluding hydrogens is 512 g/mol. The number of nitrogens with zero attached hydrogens (tertiary/aromatic N) is 3. The van der Waals surface area contributed by atoms with E-state index in [0.717, 1.165) is 35.6 Å². The maximum atomic E-state index is 14.4. The number of hydrogen-bond acceptors (Lipinski definition) is 5. The SMILES string of the molecule is CN1CCN(C(=O)CC2(COc3ccc(Cl)cc3)CCCN(S(=O)(=O)c3c(F)cccc3F)C2)CC1. The summed E-state index contributed by atoms with van der Waals surface area (Å²) in [5.41, 5.74) is -0.868. The van der Waals surface area contributed by atoms with Gasteiger partial charge >= 0.3 is 0 Å². The number of hydrogen-bond donors (Lipinski definition) is 0. The minimum Gasteiger partial charge on any atom is -0.493 e.